The number of likely N-dealkylation sites (tertiary alicyclic amines) is 1. The highest BCUT2D eigenvalue weighted by Crippen LogP contribution is 2.25. The first-order valence-electron chi connectivity index (χ1n) is 8.09. The molecule has 0 bridgehead atoms. The highest BCUT2D eigenvalue weighted by molar-refractivity contribution is 5.65. The SMILES string of the molecule is Cc1ccc(Oc2ccc(OC[C@@H]3CCCN3C(=O)O)cc2)cc1. The van der Waals surface area contributed by atoms with Crippen molar-refractivity contribution in [2.75, 3.05) is 13.2 Å². The summed E-state index contributed by atoms with van der Waals surface area (Å²) in [6.07, 6.45) is 0.868. The van der Waals surface area contributed by atoms with Gasteiger partial charge in [-0.15, -0.1) is 0 Å². The average molecular weight is 327 g/mol. The number of rotatable bonds is 5. The van der Waals surface area contributed by atoms with E-state index < -0.39 is 6.09 Å². The van der Waals surface area contributed by atoms with Crippen LogP contribution < -0.4 is 9.47 Å². The smallest absolute Gasteiger partial charge is 0.407 e. The molecule has 24 heavy (non-hydrogen) atoms. The third-order valence-corrected chi connectivity index (χ3v) is 4.15. The molecule has 1 atom stereocenters. The van der Waals surface area contributed by atoms with Gasteiger partial charge in [-0.2, -0.15) is 0 Å². The molecule has 0 aromatic heterocycles. The van der Waals surface area contributed by atoms with Crippen molar-refractivity contribution in [2.24, 2.45) is 0 Å². The van der Waals surface area contributed by atoms with E-state index in [0.717, 1.165) is 24.3 Å². The molecule has 0 aliphatic carbocycles. The van der Waals surface area contributed by atoms with Gasteiger partial charge < -0.3 is 19.5 Å². The third-order valence-electron chi connectivity index (χ3n) is 4.15. The normalized spacial score (nSPS) is 16.9. The molecule has 126 valence electrons. The van der Waals surface area contributed by atoms with E-state index in [0.29, 0.717) is 18.9 Å². The maximum atomic E-state index is 11.1. The number of nitrogens with zero attached hydrogens (tertiary/aromatic N) is 1. The van der Waals surface area contributed by atoms with Crippen molar-refractivity contribution in [2.45, 2.75) is 25.8 Å². The fraction of sp³-hybridized carbons (Fsp3) is 0.316. The van der Waals surface area contributed by atoms with Gasteiger partial charge in [-0.25, -0.2) is 4.79 Å². The lowest BCUT2D eigenvalue weighted by Crippen LogP contribution is -2.37. The predicted molar refractivity (Wildman–Crippen MR) is 90.9 cm³/mol. The van der Waals surface area contributed by atoms with E-state index in [-0.39, 0.29) is 6.04 Å². The summed E-state index contributed by atoms with van der Waals surface area (Å²) in [6, 6.07) is 15.2. The van der Waals surface area contributed by atoms with Crippen LogP contribution in [0.15, 0.2) is 48.5 Å². The Hall–Kier alpha value is -2.69. The Morgan fingerprint density at radius 3 is 2.29 bits per heavy atom. The van der Waals surface area contributed by atoms with Gasteiger partial charge in [-0.1, -0.05) is 17.7 Å². The Morgan fingerprint density at radius 1 is 1.08 bits per heavy atom. The summed E-state index contributed by atoms with van der Waals surface area (Å²) >= 11 is 0. The molecule has 1 saturated heterocycles. The number of carbonyl (C=O) groups is 1. The van der Waals surface area contributed by atoms with E-state index in [2.05, 4.69) is 0 Å². The highest BCUT2D eigenvalue weighted by Gasteiger charge is 2.28. The van der Waals surface area contributed by atoms with Crippen molar-refractivity contribution in [1.29, 1.82) is 0 Å². The molecule has 1 amide bonds. The van der Waals surface area contributed by atoms with Crippen molar-refractivity contribution in [1.82, 2.24) is 4.90 Å². The summed E-state index contributed by atoms with van der Waals surface area (Å²) in [7, 11) is 0. The highest BCUT2D eigenvalue weighted by atomic mass is 16.5. The first kappa shape index (κ1) is 16.2. The quantitative estimate of drug-likeness (QED) is 0.889. The molecule has 2 aromatic carbocycles. The number of ether oxygens (including phenoxy) is 2. The third kappa shape index (κ3) is 3.98. The van der Waals surface area contributed by atoms with Crippen LogP contribution in [-0.4, -0.2) is 35.3 Å². The van der Waals surface area contributed by atoms with Crippen LogP contribution in [0.3, 0.4) is 0 Å². The van der Waals surface area contributed by atoms with Crippen LogP contribution in [0.1, 0.15) is 18.4 Å². The van der Waals surface area contributed by atoms with Crippen LogP contribution in [0.4, 0.5) is 4.79 Å². The Morgan fingerprint density at radius 2 is 1.67 bits per heavy atom. The lowest BCUT2D eigenvalue weighted by molar-refractivity contribution is 0.123. The second kappa shape index (κ2) is 7.25. The van der Waals surface area contributed by atoms with Gasteiger partial charge in [0, 0.05) is 6.54 Å². The second-order valence-electron chi connectivity index (χ2n) is 5.97. The summed E-state index contributed by atoms with van der Waals surface area (Å²) in [4.78, 5) is 12.6. The van der Waals surface area contributed by atoms with E-state index in [1.54, 1.807) is 0 Å². The van der Waals surface area contributed by atoms with E-state index in [9.17, 15) is 4.79 Å². The molecular weight excluding hydrogens is 306 g/mol. The van der Waals surface area contributed by atoms with Crippen LogP contribution >= 0.6 is 0 Å². The van der Waals surface area contributed by atoms with Gasteiger partial charge in [0.25, 0.3) is 0 Å². The summed E-state index contributed by atoms with van der Waals surface area (Å²) < 4.78 is 11.5. The second-order valence-corrected chi connectivity index (χ2v) is 5.97. The zero-order chi connectivity index (χ0) is 16.9. The molecule has 0 unspecified atom stereocenters. The van der Waals surface area contributed by atoms with E-state index in [1.165, 1.54) is 10.5 Å². The Kier molecular flexibility index (Phi) is 4.89. The van der Waals surface area contributed by atoms with Crippen molar-refractivity contribution < 1.29 is 19.4 Å². The van der Waals surface area contributed by atoms with E-state index >= 15 is 0 Å². The van der Waals surface area contributed by atoms with Crippen LogP contribution in [-0.2, 0) is 0 Å². The maximum absolute atomic E-state index is 11.1. The molecule has 1 fully saturated rings. The minimum Gasteiger partial charge on any atom is -0.491 e. The number of aryl methyl sites for hydroxylation is 1. The molecule has 0 saturated carbocycles. The van der Waals surface area contributed by atoms with Crippen LogP contribution in [0.5, 0.6) is 17.2 Å². The molecule has 1 aliphatic rings. The minimum absolute atomic E-state index is 0.0639. The molecule has 5 nitrogen and oxygen atoms in total. The Balaban J connectivity index is 1.54. The van der Waals surface area contributed by atoms with E-state index in [1.807, 2.05) is 55.5 Å². The summed E-state index contributed by atoms with van der Waals surface area (Å²) in [5.74, 6) is 2.24. The van der Waals surface area contributed by atoms with Crippen molar-refractivity contribution in [3.8, 4) is 17.2 Å². The summed E-state index contributed by atoms with van der Waals surface area (Å²) in [5.41, 5.74) is 1.19. The Labute approximate surface area is 141 Å². The van der Waals surface area contributed by atoms with Gasteiger partial charge >= 0.3 is 6.09 Å². The summed E-state index contributed by atoms with van der Waals surface area (Å²) in [5, 5.41) is 9.13. The minimum atomic E-state index is -0.872. The molecule has 0 radical (unpaired) electrons. The zero-order valence-electron chi connectivity index (χ0n) is 13.6. The van der Waals surface area contributed by atoms with Gasteiger partial charge in [0.05, 0.1) is 6.04 Å². The maximum Gasteiger partial charge on any atom is 0.407 e. The monoisotopic (exact) mass is 327 g/mol. The van der Waals surface area contributed by atoms with Crippen molar-refractivity contribution >= 4 is 6.09 Å². The standard InChI is InChI=1S/C19H21NO4/c1-14-4-6-17(7-5-14)24-18-10-8-16(9-11-18)23-13-15-3-2-12-20(15)19(21)22/h4-11,15H,2-3,12-13H2,1H3,(H,21,22)/t15-/m0/s1. The zero-order valence-corrected chi connectivity index (χ0v) is 13.6. The van der Waals surface area contributed by atoms with Crippen molar-refractivity contribution in [3.63, 3.8) is 0 Å². The van der Waals surface area contributed by atoms with Crippen LogP contribution in [0.2, 0.25) is 0 Å². The Bertz CT molecular complexity index is 682. The average Bonchev–Trinajstić information content (AvgIpc) is 3.05. The number of amides is 1. The van der Waals surface area contributed by atoms with Crippen LogP contribution in [0, 0.1) is 6.92 Å². The molecule has 2 aromatic rings. The fourth-order valence-electron chi connectivity index (χ4n) is 2.80. The molecule has 0 spiro atoms. The summed E-state index contributed by atoms with van der Waals surface area (Å²) in [6.45, 7) is 3.00. The molecule has 1 heterocycles. The number of hydrogen-bond donors (Lipinski definition) is 1. The number of hydrogen-bond acceptors (Lipinski definition) is 3. The topological polar surface area (TPSA) is 59.0 Å². The number of benzene rings is 2. The van der Waals surface area contributed by atoms with Gasteiger partial charge in [0.15, 0.2) is 0 Å². The van der Waals surface area contributed by atoms with Gasteiger partial charge in [0.2, 0.25) is 0 Å². The lowest BCUT2D eigenvalue weighted by Gasteiger charge is -2.21. The van der Waals surface area contributed by atoms with Gasteiger partial charge in [-0.05, 0) is 56.2 Å². The number of carboxylic acid groups (broad SMARTS) is 1. The first-order valence-corrected chi connectivity index (χ1v) is 8.09. The molecule has 1 N–H and O–H groups in total. The first-order chi connectivity index (χ1) is 11.6. The molecule has 5 heteroatoms. The van der Waals surface area contributed by atoms with Crippen molar-refractivity contribution in [3.05, 3.63) is 54.1 Å². The lowest BCUT2D eigenvalue weighted by atomic mass is 10.2. The molecule has 3 rings (SSSR count). The van der Waals surface area contributed by atoms with Crippen LogP contribution in [0.25, 0.3) is 0 Å². The van der Waals surface area contributed by atoms with E-state index in [4.69, 9.17) is 14.6 Å². The largest absolute Gasteiger partial charge is 0.491 e. The van der Waals surface area contributed by atoms with Gasteiger partial charge in [0.1, 0.15) is 23.9 Å². The van der Waals surface area contributed by atoms with Gasteiger partial charge in [-0.3, -0.25) is 0 Å². The molecule has 1 aliphatic heterocycles. The predicted octanol–water partition coefficient (Wildman–Crippen LogP) is 4.31. The fourth-order valence-corrected chi connectivity index (χ4v) is 2.80. The molecular formula is C19H21NO4.